The lowest BCUT2D eigenvalue weighted by Crippen LogP contribution is -2.25. The van der Waals surface area contributed by atoms with E-state index < -0.39 is 0 Å². The molecule has 3 heteroatoms. The molecule has 0 fully saturated rings. The van der Waals surface area contributed by atoms with E-state index in [-0.39, 0.29) is 11.4 Å². The number of halogens is 1. The molecule has 0 aromatic heterocycles. The fourth-order valence-electron chi connectivity index (χ4n) is 2.64. The molecule has 2 aromatic carbocycles. The Morgan fingerprint density at radius 1 is 1.00 bits per heavy atom. The van der Waals surface area contributed by atoms with Gasteiger partial charge in [-0.05, 0) is 55.2 Å². The van der Waals surface area contributed by atoms with Crippen molar-refractivity contribution in [2.75, 3.05) is 14.2 Å². The van der Waals surface area contributed by atoms with Gasteiger partial charge < -0.3 is 9.47 Å². The Hall–Kier alpha value is -1.87. The lowest BCUT2D eigenvalue weighted by atomic mass is 9.89. The SMILES string of the molecule is CCc1ccc(-c2cc(OC)ccc2F)c(CC(C)(C)OC)c1. The lowest BCUT2D eigenvalue weighted by molar-refractivity contribution is 0.0233. The quantitative estimate of drug-likeness (QED) is 0.744. The van der Waals surface area contributed by atoms with Crippen molar-refractivity contribution in [2.45, 2.75) is 39.2 Å². The van der Waals surface area contributed by atoms with E-state index in [0.29, 0.717) is 17.7 Å². The molecule has 0 amide bonds. The molecule has 0 aliphatic carbocycles. The Balaban J connectivity index is 2.57. The van der Waals surface area contributed by atoms with Crippen LogP contribution in [0.1, 0.15) is 31.9 Å². The minimum atomic E-state index is -0.309. The first-order chi connectivity index (χ1) is 10.9. The first-order valence-electron chi connectivity index (χ1n) is 7.91. The highest BCUT2D eigenvalue weighted by Crippen LogP contribution is 2.32. The monoisotopic (exact) mass is 316 g/mol. The molecule has 0 bridgehead atoms. The van der Waals surface area contributed by atoms with E-state index in [9.17, 15) is 4.39 Å². The molecule has 0 saturated heterocycles. The van der Waals surface area contributed by atoms with Crippen LogP contribution < -0.4 is 4.74 Å². The van der Waals surface area contributed by atoms with Crippen LogP contribution in [0.2, 0.25) is 0 Å². The summed E-state index contributed by atoms with van der Waals surface area (Å²) in [5.74, 6) is 0.407. The molecule has 0 aliphatic heterocycles. The summed E-state index contributed by atoms with van der Waals surface area (Å²) in [4.78, 5) is 0. The summed E-state index contributed by atoms with van der Waals surface area (Å²) >= 11 is 0. The van der Waals surface area contributed by atoms with Crippen LogP contribution in [0.25, 0.3) is 11.1 Å². The van der Waals surface area contributed by atoms with E-state index >= 15 is 0 Å². The van der Waals surface area contributed by atoms with Gasteiger partial charge in [0.2, 0.25) is 0 Å². The van der Waals surface area contributed by atoms with Gasteiger partial charge >= 0.3 is 0 Å². The number of aryl methyl sites for hydroxylation is 1. The van der Waals surface area contributed by atoms with Gasteiger partial charge in [0.1, 0.15) is 11.6 Å². The van der Waals surface area contributed by atoms with E-state index in [2.05, 4.69) is 19.1 Å². The predicted molar refractivity (Wildman–Crippen MR) is 92.6 cm³/mol. The van der Waals surface area contributed by atoms with Crippen molar-refractivity contribution >= 4 is 0 Å². The van der Waals surface area contributed by atoms with Crippen molar-refractivity contribution < 1.29 is 13.9 Å². The van der Waals surface area contributed by atoms with Crippen LogP contribution >= 0.6 is 0 Å². The van der Waals surface area contributed by atoms with Crippen LogP contribution in [0.5, 0.6) is 5.75 Å². The number of benzene rings is 2. The maximum Gasteiger partial charge on any atom is 0.131 e. The van der Waals surface area contributed by atoms with Gasteiger partial charge in [-0.2, -0.15) is 0 Å². The third-order valence-electron chi connectivity index (χ3n) is 4.21. The molecular weight excluding hydrogens is 291 g/mol. The molecule has 0 aliphatic rings. The van der Waals surface area contributed by atoms with Crippen molar-refractivity contribution in [1.29, 1.82) is 0 Å². The molecule has 0 atom stereocenters. The number of rotatable bonds is 6. The van der Waals surface area contributed by atoms with Crippen molar-refractivity contribution in [3.63, 3.8) is 0 Å². The fourth-order valence-corrected chi connectivity index (χ4v) is 2.64. The smallest absolute Gasteiger partial charge is 0.131 e. The summed E-state index contributed by atoms with van der Waals surface area (Å²) in [7, 11) is 3.29. The Kier molecular flexibility index (Phi) is 5.42. The highest BCUT2D eigenvalue weighted by atomic mass is 19.1. The molecule has 0 N–H and O–H groups in total. The van der Waals surface area contributed by atoms with Gasteiger partial charge in [0, 0.05) is 19.1 Å². The summed E-state index contributed by atoms with van der Waals surface area (Å²) in [6, 6.07) is 11.0. The van der Waals surface area contributed by atoms with E-state index in [1.807, 2.05) is 19.9 Å². The standard InChI is InChI=1S/C20H25FO2/c1-6-14-7-9-17(15(11-14)13-20(2,3)23-5)18-12-16(22-4)8-10-19(18)21/h7-12H,6,13H2,1-5H3. The van der Waals surface area contributed by atoms with Gasteiger partial charge in [0.15, 0.2) is 0 Å². The molecule has 124 valence electrons. The molecule has 2 aromatic rings. The first kappa shape index (κ1) is 17.5. The summed E-state index contributed by atoms with van der Waals surface area (Å²) in [5, 5.41) is 0. The van der Waals surface area contributed by atoms with Crippen LogP contribution in [0.3, 0.4) is 0 Å². The normalized spacial score (nSPS) is 11.6. The Bertz CT molecular complexity index is 677. The molecule has 23 heavy (non-hydrogen) atoms. The molecule has 0 unspecified atom stereocenters. The van der Waals surface area contributed by atoms with E-state index in [0.717, 1.165) is 17.5 Å². The third-order valence-corrected chi connectivity index (χ3v) is 4.21. The first-order valence-corrected chi connectivity index (χ1v) is 7.91. The largest absolute Gasteiger partial charge is 0.497 e. The van der Waals surface area contributed by atoms with Gasteiger partial charge in [-0.1, -0.05) is 25.1 Å². The second-order valence-electron chi connectivity index (χ2n) is 6.33. The summed E-state index contributed by atoms with van der Waals surface area (Å²) < 4.78 is 25.2. The fraction of sp³-hybridized carbons (Fsp3) is 0.400. The molecule has 2 rings (SSSR count). The maximum absolute atomic E-state index is 14.4. The number of methoxy groups -OCH3 is 2. The van der Waals surface area contributed by atoms with Gasteiger partial charge in [-0.3, -0.25) is 0 Å². The van der Waals surface area contributed by atoms with Crippen molar-refractivity contribution in [1.82, 2.24) is 0 Å². The minimum absolute atomic E-state index is 0.244. The highest BCUT2D eigenvalue weighted by Gasteiger charge is 2.21. The zero-order chi connectivity index (χ0) is 17.0. The molecule has 0 heterocycles. The maximum atomic E-state index is 14.4. The third kappa shape index (κ3) is 4.11. The molecular formula is C20H25FO2. The zero-order valence-electron chi connectivity index (χ0n) is 14.6. The second kappa shape index (κ2) is 7.14. The van der Waals surface area contributed by atoms with Crippen LogP contribution in [0.15, 0.2) is 36.4 Å². The van der Waals surface area contributed by atoms with Crippen molar-refractivity contribution in [2.24, 2.45) is 0 Å². The minimum Gasteiger partial charge on any atom is -0.497 e. The van der Waals surface area contributed by atoms with E-state index in [4.69, 9.17) is 9.47 Å². The average Bonchev–Trinajstić information content (AvgIpc) is 2.55. The predicted octanol–water partition coefficient (Wildman–Crippen LogP) is 5.03. The Labute approximate surface area is 138 Å². The summed E-state index contributed by atoms with van der Waals surface area (Å²) in [6.07, 6.45) is 1.66. The van der Waals surface area contributed by atoms with E-state index in [1.54, 1.807) is 26.4 Å². The van der Waals surface area contributed by atoms with Crippen molar-refractivity contribution in [3.8, 4) is 16.9 Å². The van der Waals surface area contributed by atoms with Gasteiger partial charge in [-0.25, -0.2) is 4.39 Å². The number of ether oxygens (including phenoxy) is 2. The van der Waals surface area contributed by atoms with Crippen LogP contribution in [0, 0.1) is 5.82 Å². The van der Waals surface area contributed by atoms with Crippen molar-refractivity contribution in [3.05, 3.63) is 53.3 Å². The molecule has 0 saturated carbocycles. The second-order valence-corrected chi connectivity index (χ2v) is 6.33. The van der Waals surface area contributed by atoms with E-state index in [1.165, 1.54) is 11.6 Å². The summed E-state index contributed by atoms with van der Waals surface area (Å²) in [5.41, 5.74) is 3.47. The molecule has 0 radical (unpaired) electrons. The Morgan fingerprint density at radius 3 is 2.35 bits per heavy atom. The molecule has 0 spiro atoms. The van der Waals surface area contributed by atoms with Gasteiger partial charge in [0.05, 0.1) is 12.7 Å². The highest BCUT2D eigenvalue weighted by molar-refractivity contribution is 5.70. The van der Waals surface area contributed by atoms with Gasteiger partial charge in [0.25, 0.3) is 0 Å². The average molecular weight is 316 g/mol. The topological polar surface area (TPSA) is 18.5 Å². The number of hydrogen-bond donors (Lipinski definition) is 0. The number of hydrogen-bond acceptors (Lipinski definition) is 2. The summed E-state index contributed by atoms with van der Waals surface area (Å²) in [6.45, 7) is 6.20. The molecule has 2 nitrogen and oxygen atoms in total. The van der Waals surface area contributed by atoms with Crippen LogP contribution in [-0.4, -0.2) is 19.8 Å². The van der Waals surface area contributed by atoms with Crippen LogP contribution in [-0.2, 0) is 17.6 Å². The Morgan fingerprint density at radius 2 is 1.74 bits per heavy atom. The zero-order valence-corrected chi connectivity index (χ0v) is 14.6. The van der Waals surface area contributed by atoms with Crippen LogP contribution in [0.4, 0.5) is 4.39 Å². The van der Waals surface area contributed by atoms with Gasteiger partial charge in [-0.15, -0.1) is 0 Å². The lowest BCUT2D eigenvalue weighted by Gasteiger charge is -2.25.